The van der Waals surface area contributed by atoms with Crippen LogP contribution in [0.4, 0.5) is 0 Å². The van der Waals surface area contributed by atoms with Crippen LogP contribution in [0.15, 0.2) is 30.6 Å². The first-order chi connectivity index (χ1) is 8.13. The number of hydrogen-bond donors (Lipinski definition) is 1. The Kier molecular flexibility index (Phi) is 3.15. The summed E-state index contributed by atoms with van der Waals surface area (Å²) < 4.78 is 7.00. The van der Waals surface area contributed by atoms with E-state index < -0.39 is 6.10 Å². The van der Waals surface area contributed by atoms with E-state index >= 15 is 0 Å². The largest absolute Gasteiger partial charge is 0.496 e. The van der Waals surface area contributed by atoms with Crippen molar-refractivity contribution < 1.29 is 9.84 Å². The Morgan fingerprint density at radius 1 is 1.41 bits per heavy atom. The summed E-state index contributed by atoms with van der Waals surface area (Å²) >= 11 is 0. The molecule has 1 N–H and O–H groups in total. The van der Waals surface area contributed by atoms with Crippen molar-refractivity contribution >= 4 is 0 Å². The van der Waals surface area contributed by atoms with E-state index in [4.69, 9.17) is 4.74 Å². The minimum atomic E-state index is -0.709. The topological polar surface area (TPSA) is 47.3 Å². The zero-order valence-electron chi connectivity index (χ0n) is 10.2. The number of benzene rings is 1. The molecule has 0 amide bonds. The van der Waals surface area contributed by atoms with Gasteiger partial charge in [0.1, 0.15) is 17.7 Å². The van der Waals surface area contributed by atoms with Crippen LogP contribution in [0.3, 0.4) is 0 Å². The van der Waals surface area contributed by atoms with Gasteiger partial charge in [0.15, 0.2) is 0 Å². The van der Waals surface area contributed by atoms with Crippen molar-refractivity contribution in [3.63, 3.8) is 0 Å². The van der Waals surface area contributed by atoms with E-state index in [2.05, 4.69) is 4.98 Å². The van der Waals surface area contributed by atoms with Crippen LogP contribution in [0.25, 0.3) is 0 Å². The molecular weight excluding hydrogens is 216 g/mol. The molecule has 0 aliphatic heterocycles. The van der Waals surface area contributed by atoms with Gasteiger partial charge in [-0.1, -0.05) is 6.07 Å². The predicted molar refractivity (Wildman–Crippen MR) is 65.0 cm³/mol. The first-order valence-corrected chi connectivity index (χ1v) is 5.43. The average molecular weight is 232 g/mol. The van der Waals surface area contributed by atoms with Gasteiger partial charge in [-0.3, -0.25) is 0 Å². The van der Waals surface area contributed by atoms with E-state index in [0.29, 0.717) is 5.82 Å². The van der Waals surface area contributed by atoms with Gasteiger partial charge in [0.05, 0.1) is 7.11 Å². The summed E-state index contributed by atoms with van der Waals surface area (Å²) in [6, 6.07) is 5.63. The summed E-state index contributed by atoms with van der Waals surface area (Å²) in [6.07, 6.45) is 2.78. The predicted octanol–water partition coefficient (Wildman–Crippen LogP) is 1.82. The highest BCUT2D eigenvalue weighted by Crippen LogP contribution is 2.25. The summed E-state index contributed by atoms with van der Waals surface area (Å²) in [5.41, 5.74) is 1.82. The zero-order valence-corrected chi connectivity index (χ0v) is 10.2. The van der Waals surface area contributed by atoms with Crippen LogP contribution in [-0.4, -0.2) is 21.8 Å². The molecule has 0 bridgehead atoms. The number of ether oxygens (including phenoxy) is 1. The lowest BCUT2D eigenvalue weighted by Crippen LogP contribution is -2.07. The number of aromatic nitrogens is 2. The Morgan fingerprint density at radius 2 is 2.18 bits per heavy atom. The maximum atomic E-state index is 10.2. The van der Waals surface area contributed by atoms with E-state index in [0.717, 1.165) is 16.9 Å². The van der Waals surface area contributed by atoms with Crippen LogP contribution in [0.1, 0.15) is 23.1 Å². The number of aliphatic hydroxyl groups is 1. The third-order valence-electron chi connectivity index (χ3n) is 2.84. The molecule has 4 heteroatoms. The monoisotopic (exact) mass is 232 g/mol. The average Bonchev–Trinajstić information content (AvgIpc) is 2.74. The molecule has 1 unspecified atom stereocenters. The van der Waals surface area contributed by atoms with Gasteiger partial charge in [-0.2, -0.15) is 0 Å². The number of methoxy groups -OCH3 is 1. The Bertz CT molecular complexity index is 520. The van der Waals surface area contributed by atoms with E-state index in [1.165, 1.54) is 0 Å². The van der Waals surface area contributed by atoms with E-state index in [9.17, 15) is 5.11 Å². The van der Waals surface area contributed by atoms with Crippen molar-refractivity contribution in [2.75, 3.05) is 7.11 Å². The molecule has 0 radical (unpaired) electrons. The van der Waals surface area contributed by atoms with Gasteiger partial charge in [0.25, 0.3) is 0 Å². The van der Waals surface area contributed by atoms with Gasteiger partial charge < -0.3 is 14.4 Å². The highest BCUT2D eigenvalue weighted by molar-refractivity contribution is 5.38. The number of imidazole rings is 1. The molecule has 90 valence electrons. The molecule has 1 heterocycles. The molecule has 0 aliphatic rings. The summed E-state index contributed by atoms with van der Waals surface area (Å²) in [5.74, 6) is 1.45. The second-order valence-electron chi connectivity index (χ2n) is 4.03. The lowest BCUT2D eigenvalue weighted by molar-refractivity contribution is 0.206. The molecule has 0 saturated heterocycles. The Morgan fingerprint density at radius 3 is 2.71 bits per heavy atom. The van der Waals surface area contributed by atoms with Crippen molar-refractivity contribution in [1.29, 1.82) is 0 Å². The van der Waals surface area contributed by atoms with E-state index in [-0.39, 0.29) is 0 Å². The molecule has 2 aromatic rings. The molecule has 1 aromatic heterocycles. The zero-order chi connectivity index (χ0) is 12.4. The lowest BCUT2D eigenvalue weighted by Gasteiger charge is -2.13. The number of aliphatic hydroxyl groups excluding tert-OH is 1. The molecular formula is C13H16N2O2. The molecule has 2 rings (SSSR count). The van der Waals surface area contributed by atoms with E-state index in [1.54, 1.807) is 13.3 Å². The second-order valence-corrected chi connectivity index (χ2v) is 4.03. The first kappa shape index (κ1) is 11.7. The van der Waals surface area contributed by atoms with Crippen molar-refractivity contribution in [3.8, 4) is 5.75 Å². The second kappa shape index (κ2) is 4.59. The molecule has 0 spiro atoms. The van der Waals surface area contributed by atoms with Crippen LogP contribution in [0.5, 0.6) is 5.75 Å². The normalized spacial score (nSPS) is 12.5. The molecule has 0 aliphatic carbocycles. The fourth-order valence-corrected chi connectivity index (χ4v) is 1.86. The van der Waals surface area contributed by atoms with Crippen LogP contribution in [-0.2, 0) is 7.05 Å². The fourth-order valence-electron chi connectivity index (χ4n) is 1.86. The van der Waals surface area contributed by atoms with Gasteiger partial charge >= 0.3 is 0 Å². The Balaban J connectivity index is 2.35. The van der Waals surface area contributed by atoms with Gasteiger partial charge in [-0.25, -0.2) is 4.98 Å². The summed E-state index contributed by atoms with van der Waals surface area (Å²) in [6.45, 7) is 1.95. The van der Waals surface area contributed by atoms with E-state index in [1.807, 2.05) is 42.9 Å². The van der Waals surface area contributed by atoms with Crippen LogP contribution in [0, 0.1) is 6.92 Å². The third kappa shape index (κ3) is 2.17. The van der Waals surface area contributed by atoms with Crippen LogP contribution in [0.2, 0.25) is 0 Å². The summed E-state index contributed by atoms with van der Waals surface area (Å²) in [4.78, 5) is 4.15. The summed E-state index contributed by atoms with van der Waals surface area (Å²) in [5, 5.41) is 10.2. The molecule has 1 aromatic carbocycles. The van der Waals surface area contributed by atoms with Gasteiger partial charge in [0, 0.05) is 19.4 Å². The highest BCUT2D eigenvalue weighted by atomic mass is 16.5. The quantitative estimate of drug-likeness (QED) is 0.878. The fraction of sp³-hybridized carbons (Fsp3) is 0.308. The van der Waals surface area contributed by atoms with Crippen LogP contribution >= 0.6 is 0 Å². The van der Waals surface area contributed by atoms with Gasteiger partial charge in [-0.15, -0.1) is 0 Å². The standard InChI is InChI=1S/C13H16N2O2/c1-9-8-10(4-5-11(9)17-3)12(16)13-14-6-7-15(13)2/h4-8,12,16H,1-3H3. The SMILES string of the molecule is COc1ccc(C(O)c2nccn2C)cc1C. The Labute approximate surface area is 100 Å². The first-order valence-electron chi connectivity index (χ1n) is 5.43. The highest BCUT2D eigenvalue weighted by Gasteiger charge is 2.15. The minimum absolute atomic E-state index is 0.634. The van der Waals surface area contributed by atoms with Gasteiger partial charge in [0.2, 0.25) is 0 Å². The third-order valence-corrected chi connectivity index (χ3v) is 2.84. The number of nitrogens with zero attached hydrogens (tertiary/aromatic N) is 2. The lowest BCUT2D eigenvalue weighted by atomic mass is 10.1. The molecule has 4 nitrogen and oxygen atoms in total. The summed E-state index contributed by atoms with van der Waals surface area (Å²) in [7, 11) is 3.50. The Hall–Kier alpha value is -1.81. The smallest absolute Gasteiger partial charge is 0.142 e. The maximum Gasteiger partial charge on any atom is 0.142 e. The maximum absolute atomic E-state index is 10.2. The molecule has 0 fully saturated rings. The number of aryl methyl sites for hydroxylation is 2. The van der Waals surface area contributed by atoms with Crippen molar-refractivity contribution in [2.24, 2.45) is 7.05 Å². The van der Waals surface area contributed by atoms with Crippen molar-refractivity contribution in [1.82, 2.24) is 9.55 Å². The number of hydrogen-bond acceptors (Lipinski definition) is 3. The van der Waals surface area contributed by atoms with Crippen molar-refractivity contribution in [2.45, 2.75) is 13.0 Å². The molecule has 1 atom stereocenters. The van der Waals surface area contributed by atoms with Gasteiger partial charge in [-0.05, 0) is 30.2 Å². The minimum Gasteiger partial charge on any atom is -0.496 e. The van der Waals surface area contributed by atoms with Crippen LogP contribution < -0.4 is 4.74 Å². The molecule has 0 saturated carbocycles. The number of rotatable bonds is 3. The van der Waals surface area contributed by atoms with Crippen molar-refractivity contribution in [3.05, 3.63) is 47.5 Å². The molecule has 17 heavy (non-hydrogen) atoms.